The first-order valence-corrected chi connectivity index (χ1v) is 8.47. The van der Waals surface area contributed by atoms with Crippen LogP contribution in [0.25, 0.3) is 10.8 Å². The van der Waals surface area contributed by atoms with E-state index >= 15 is 0 Å². The Morgan fingerprint density at radius 1 is 0.895 bits per heavy atom. The predicted molar refractivity (Wildman–Crippen MR) is 80.2 cm³/mol. The van der Waals surface area contributed by atoms with E-state index in [0.29, 0.717) is 0 Å². The van der Waals surface area contributed by atoms with Gasteiger partial charge < -0.3 is 0 Å². The van der Waals surface area contributed by atoms with Gasteiger partial charge in [-0.15, -0.1) is 0 Å². The monoisotopic (exact) mass is 372 g/mol. The first-order valence-electron chi connectivity index (χ1n) is 5.63. The van der Waals surface area contributed by atoms with E-state index in [0.717, 1.165) is 14.3 Å². The summed E-state index contributed by atoms with van der Waals surface area (Å²) in [6.07, 6.45) is 0. The van der Waals surface area contributed by atoms with Crippen molar-refractivity contribution < 1.29 is 15.7 Å². The normalized spacial score (nSPS) is 10.9. The molecule has 0 fully saturated rings. The van der Waals surface area contributed by atoms with Crippen molar-refractivity contribution in [2.75, 3.05) is 0 Å². The Kier molecular flexibility index (Phi) is 4.36. The van der Waals surface area contributed by atoms with Crippen molar-refractivity contribution in [3.63, 3.8) is 0 Å². The van der Waals surface area contributed by atoms with E-state index in [-0.39, 0.29) is 0 Å². The van der Waals surface area contributed by atoms with E-state index in [4.69, 9.17) is 6.13 Å². The zero-order valence-corrected chi connectivity index (χ0v) is 12.7. The molecular weight excluding hydrogens is 359 g/mol. The molecule has 0 N–H and O–H groups in total. The Bertz CT molecular complexity index is 608. The summed E-state index contributed by atoms with van der Waals surface area (Å²) in [5.41, 5.74) is 0. The number of halogens is 1. The van der Waals surface area contributed by atoms with Gasteiger partial charge in [-0.2, -0.15) is 0 Å². The zero-order chi connectivity index (χ0) is 13.8. The molecule has 4 nitrogen and oxygen atoms in total. The Balaban J connectivity index is 2.37. The number of carbonyl (C=O) groups excluding carboxylic acids is 2. The maximum absolute atomic E-state index is 11.1. The molecular formula is C14H13IO4. The van der Waals surface area contributed by atoms with Crippen LogP contribution < -0.4 is 0 Å². The molecule has 0 aliphatic heterocycles. The predicted octanol–water partition coefficient (Wildman–Crippen LogP) is 3.47. The Morgan fingerprint density at radius 3 is 2.05 bits per heavy atom. The van der Waals surface area contributed by atoms with Crippen LogP contribution in [0.5, 0.6) is 0 Å². The Hall–Kier alpha value is -1.63. The number of hydrogen-bond donors (Lipinski definition) is 0. The number of rotatable bonds is 3. The van der Waals surface area contributed by atoms with Crippen LogP contribution in [-0.2, 0) is 15.7 Å². The molecule has 0 amide bonds. The average Bonchev–Trinajstić information content (AvgIpc) is 2.36. The van der Waals surface area contributed by atoms with E-state index in [1.165, 1.54) is 13.8 Å². The summed E-state index contributed by atoms with van der Waals surface area (Å²) in [6.45, 7) is 2.63. The number of carbonyl (C=O) groups is 2. The van der Waals surface area contributed by atoms with Gasteiger partial charge in [0.25, 0.3) is 0 Å². The molecule has 2 aromatic rings. The second kappa shape index (κ2) is 6.01. The molecule has 0 aromatic heterocycles. The van der Waals surface area contributed by atoms with E-state index in [9.17, 15) is 9.59 Å². The molecule has 0 aliphatic rings. The molecule has 5 heteroatoms. The van der Waals surface area contributed by atoms with Crippen LogP contribution in [0.4, 0.5) is 0 Å². The molecule has 19 heavy (non-hydrogen) atoms. The van der Waals surface area contributed by atoms with Gasteiger partial charge in [0.2, 0.25) is 0 Å². The summed E-state index contributed by atoms with van der Waals surface area (Å²) in [7, 11) is 0. The fourth-order valence-electron chi connectivity index (χ4n) is 1.56. The average molecular weight is 372 g/mol. The van der Waals surface area contributed by atoms with Crippen LogP contribution in [0.15, 0.2) is 42.5 Å². The van der Waals surface area contributed by atoms with Gasteiger partial charge in [0.15, 0.2) is 0 Å². The van der Waals surface area contributed by atoms with Crippen molar-refractivity contribution in [2.24, 2.45) is 0 Å². The molecule has 0 saturated heterocycles. The minimum absolute atomic E-state index is 0.431. The van der Waals surface area contributed by atoms with Gasteiger partial charge >= 0.3 is 119 Å². The van der Waals surface area contributed by atoms with E-state index in [1.807, 2.05) is 42.5 Å². The van der Waals surface area contributed by atoms with Gasteiger partial charge in [0.05, 0.1) is 0 Å². The van der Waals surface area contributed by atoms with Gasteiger partial charge in [-0.1, -0.05) is 0 Å². The molecule has 0 spiro atoms. The Labute approximate surface area is 119 Å². The molecule has 0 saturated carbocycles. The van der Waals surface area contributed by atoms with Crippen LogP contribution in [-0.4, -0.2) is 11.9 Å². The summed E-state index contributed by atoms with van der Waals surface area (Å²) >= 11 is -2.71. The number of fused-ring (bicyclic) bond motifs is 1. The fraction of sp³-hybridized carbons (Fsp3) is 0.143. The topological polar surface area (TPSA) is 52.6 Å². The molecule has 0 unspecified atom stereocenters. The zero-order valence-electron chi connectivity index (χ0n) is 10.6. The number of hydrogen-bond acceptors (Lipinski definition) is 4. The first-order chi connectivity index (χ1) is 9.06. The third-order valence-electron chi connectivity index (χ3n) is 2.25. The van der Waals surface area contributed by atoms with Gasteiger partial charge in [-0.25, -0.2) is 0 Å². The SMILES string of the molecule is CC(=O)OI(OC(C)=O)c1ccc2ccccc2c1. The molecule has 0 heterocycles. The van der Waals surface area contributed by atoms with Crippen LogP contribution in [0.3, 0.4) is 0 Å². The van der Waals surface area contributed by atoms with Crippen LogP contribution >= 0.6 is 20.6 Å². The Morgan fingerprint density at radius 2 is 1.47 bits per heavy atom. The van der Waals surface area contributed by atoms with Crippen molar-refractivity contribution in [1.29, 1.82) is 0 Å². The molecule has 2 aromatic carbocycles. The van der Waals surface area contributed by atoms with Crippen molar-refractivity contribution in [3.8, 4) is 0 Å². The van der Waals surface area contributed by atoms with Crippen LogP contribution in [0, 0.1) is 3.57 Å². The molecule has 100 valence electrons. The second-order valence-corrected chi connectivity index (χ2v) is 7.21. The van der Waals surface area contributed by atoms with Crippen molar-refractivity contribution in [1.82, 2.24) is 0 Å². The van der Waals surface area contributed by atoms with Crippen molar-refractivity contribution in [2.45, 2.75) is 13.8 Å². The molecule has 0 radical (unpaired) electrons. The summed E-state index contributed by atoms with van der Waals surface area (Å²) in [5, 5.41) is 2.12. The minimum atomic E-state index is -2.71. The summed E-state index contributed by atoms with van der Waals surface area (Å²) in [5.74, 6) is -0.862. The van der Waals surface area contributed by atoms with Crippen molar-refractivity contribution in [3.05, 3.63) is 46.0 Å². The number of benzene rings is 2. The molecule has 0 bridgehead atoms. The quantitative estimate of drug-likeness (QED) is 0.775. The van der Waals surface area contributed by atoms with Crippen LogP contribution in [0.1, 0.15) is 13.8 Å². The second-order valence-electron chi connectivity index (χ2n) is 3.85. The van der Waals surface area contributed by atoms with Gasteiger partial charge in [-0.3, -0.25) is 0 Å². The van der Waals surface area contributed by atoms with Gasteiger partial charge in [-0.05, 0) is 0 Å². The van der Waals surface area contributed by atoms with E-state index in [2.05, 4.69) is 0 Å². The van der Waals surface area contributed by atoms with Crippen LogP contribution in [0.2, 0.25) is 0 Å². The maximum atomic E-state index is 11.1. The van der Waals surface area contributed by atoms with Gasteiger partial charge in [0, 0.05) is 0 Å². The summed E-state index contributed by atoms with van der Waals surface area (Å²) < 4.78 is 11.1. The molecule has 0 aliphatic carbocycles. The summed E-state index contributed by atoms with van der Waals surface area (Å²) in [6, 6.07) is 13.5. The van der Waals surface area contributed by atoms with Crippen molar-refractivity contribution >= 4 is 43.4 Å². The van der Waals surface area contributed by atoms with E-state index < -0.39 is 32.6 Å². The summed E-state index contributed by atoms with van der Waals surface area (Å²) in [4.78, 5) is 22.2. The third kappa shape index (κ3) is 3.66. The van der Waals surface area contributed by atoms with Gasteiger partial charge in [0.1, 0.15) is 0 Å². The molecule has 0 atom stereocenters. The van der Waals surface area contributed by atoms with E-state index in [1.54, 1.807) is 0 Å². The standard InChI is InChI=1S/C14H13IO4/c1-10(16)18-15(19-11(2)17)14-8-7-12-5-3-4-6-13(12)9-14/h3-9H,1-2H3. The first kappa shape index (κ1) is 13.8. The third-order valence-corrected chi connectivity index (χ3v) is 5.98. The molecule has 2 rings (SSSR count). The fourth-order valence-corrected chi connectivity index (χ4v) is 4.35.